The van der Waals surface area contributed by atoms with E-state index in [9.17, 15) is 9.59 Å². The molecule has 1 aliphatic rings. The minimum atomic E-state index is -0.323. The van der Waals surface area contributed by atoms with E-state index in [-0.39, 0.29) is 23.8 Å². The molecule has 3 unspecified atom stereocenters. The van der Waals surface area contributed by atoms with Crippen LogP contribution in [0.4, 0.5) is 0 Å². The van der Waals surface area contributed by atoms with E-state index in [2.05, 4.69) is 12.2 Å². The number of rotatable bonds is 5. The van der Waals surface area contributed by atoms with E-state index in [0.717, 1.165) is 19.3 Å². The zero-order chi connectivity index (χ0) is 12.8. The Hall–Kier alpha value is -1.10. The molecule has 2 amide bonds. The fourth-order valence-corrected chi connectivity index (χ4v) is 2.43. The van der Waals surface area contributed by atoms with E-state index in [1.54, 1.807) is 0 Å². The first kappa shape index (κ1) is 14.0. The number of amides is 2. The van der Waals surface area contributed by atoms with Crippen molar-refractivity contribution in [2.45, 2.75) is 45.1 Å². The van der Waals surface area contributed by atoms with Gasteiger partial charge in [0.2, 0.25) is 11.8 Å². The Bertz CT molecular complexity index is 281. The predicted octanol–water partition coefficient (Wildman–Crippen LogP) is 0.132. The summed E-state index contributed by atoms with van der Waals surface area (Å²) in [5, 5.41) is 2.87. The lowest BCUT2D eigenvalue weighted by molar-refractivity contribution is -0.127. The number of hydrogen-bond acceptors (Lipinski definition) is 3. The molecule has 0 aromatic rings. The fraction of sp³-hybridized carbons (Fsp3) is 0.833. The van der Waals surface area contributed by atoms with Gasteiger partial charge in [-0.05, 0) is 31.6 Å². The van der Waals surface area contributed by atoms with Gasteiger partial charge in [0.05, 0.1) is 0 Å². The minimum absolute atomic E-state index is 0.0726. The molecule has 3 atom stereocenters. The molecule has 0 spiro atoms. The maximum Gasteiger partial charge on any atom is 0.223 e. The van der Waals surface area contributed by atoms with Gasteiger partial charge in [-0.25, -0.2) is 0 Å². The number of carbonyl (C=O) groups is 2. The van der Waals surface area contributed by atoms with Crippen LogP contribution < -0.4 is 16.8 Å². The molecule has 0 aromatic carbocycles. The molecule has 1 rings (SSSR count). The highest BCUT2D eigenvalue weighted by Crippen LogP contribution is 2.29. The summed E-state index contributed by atoms with van der Waals surface area (Å²) in [6.45, 7) is 2.60. The van der Waals surface area contributed by atoms with E-state index < -0.39 is 0 Å². The Morgan fingerprint density at radius 2 is 2.06 bits per heavy atom. The van der Waals surface area contributed by atoms with Crippen molar-refractivity contribution in [1.29, 1.82) is 0 Å². The van der Waals surface area contributed by atoms with Gasteiger partial charge in [0.15, 0.2) is 0 Å². The summed E-state index contributed by atoms with van der Waals surface area (Å²) in [4.78, 5) is 22.4. The van der Waals surface area contributed by atoms with Crippen molar-refractivity contribution in [3.05, 3.63) is 0 Å². The van der Waals surface area contributed by atoms with Gasteiger partial charge in [-0.2, -0.15) is 0 Å². The second-order valence-electron chi connectivity index (χ2n) is 5.02. The molecule has 0 aliphatic heterocycles. The molecule has 5 heteroatoms. The lowest BCUT2D eigenvalue weighted by Gasteiger charge is -2.31. The average Bonchev–Trinajstić information content (AvgIpc) is 2.23. The maximum atomic E-state index is 11.9. The van der Waals surface area contributed by atoms with Crippen molar-refractivity contribution < 1.29 is 9.59 Å². The van der Waals surface area contributed by atoms with Crippen molar-refractivity contribution in [3.8, 4) is 0 Å². The Labute approximate surface area is 102 Å². The molecule has 0 aromatic heterocycles. The summed E-state index contributed by atoms with van der Waals surface area (Å²) in [6, 6.07) is 0.240. The molecule has 1 saturated carbocycles. The number of hydrogen-bond donors (Lipinski definition) is 3. The molecular weight excluding hydrogens is 218 g/mol. The Balaban J connectivity index is 2.25. The molecule has 0 radical (unpaired) electrons. The first-order valence-corrected chi connectivity index (χ1v) is 6.32. The summed E-state index contributed by atoms with van der Waals surface area (Å²) < 4.78 is 0. The standard InChI is InChI=1S/C12H23N3O2/c1-8-7-9(13)4-5-10(8)12(17)15-6-2-3-11(14)16/h8-10H,2-7,13H2,1H3,(H2,14,16)(H,15,17). The normalized spacial score (nSPS) is 28.7. The third-order valence-corrected chi connectivity index (χ3v) is 3.45. The Morgan fingerprint density at radius 3 is 2.65 bits per heavy atom. The minimum Gasteiger partial charge on any atom is -0.370 e. The second kappa shape index (κ2) is 6.59. The highest BCUT2D eigenvalue weighted by Gasteiger charge is 2.30. The highest BCUT2D eigenvalue weighted by atomic mass is 16.2. The fourth-order valence-electron chi connectivity index (χ4n) is 2.43. The SMILES string of the molecule is CC1CC(N)CCC1C(=O)NCCCC(N)=O. The van der Waals surface area contributed by atoms with Crippen molar-refractivity contribution in [2.24, 2.45) is 23.3 Å². The van der Waals surface area contributed by atoms with E-state index >= 15 is 0 Å². The van der Waals surface area contributed by atoms with Crippen molar-refractivity contribution in [1.82, 2.24) is 5.32 Å². The van der Waals surface area contributed by atoms with E-state index in [0.29, 0.717) is 25.3 Å². The zero-order valence-electron chi connectivity index (χ0n) is 10.4. The van der Waals surface area contributed by atoms with Crippen LogP contribution in [0, 0.1) is 11.8 Å². The molecule has 0 bridgehead atoms. The van der Waals surface area contributed by atoms with Crippen LogP contribution in [0.2, 0.25) is 0 Å². The Kier molecular flexibility index (Phi) is 5.41. The first-order chi connectivity index (χ1) is 8.00. The van der Waals surface area contributed by atoms with E-state index in [1.165, 1.54) is 0 Å². The number of carbonyl (C=O) groups excluding carboxylic acids is 2. The van der Waals surface area contributed by atoms with E-state index in [1.807, 2.05) is 0 Å². The monoisotopic (exact) mass is 241 g/mol. The molecule has 98 valence electrons. The number of nitrogens with one attached hydrogen (secondary N) is 1. The quantitative estimate of drug-likeness (QED) is 0.597. The van der Waals surface area contributed by atoms with Crippen LogP contribution in [0.5, 0.6) is 0 Å². The lowest BCUT2D eigenvalue weighted by atomic mass is 9.78. The van der Waals surface area contributed by atoms with Crippen LogP contribution in [-0.4, -0.2) is 24.4 Å². The third-order valence-electron chi connectivity index (χ3n) is 3.45. The Morgan fingerprint density at radius 1 is 1.35 bits per heavy atom. The van der Waals surface area contributed by atoms with Gasteiger partial charge >= 0.3 is 0 Å². The molecule has 1 aliphatic carbocycles. The largest absolute Gasteiger partial charge is 0.370 e. The van der Waals surface area contributed by atoms with Crippen LogP contribution in [0.3, 0.4) is 0 Å². The summed E-state index contributed by atoms with van der Waals surface area (Å²) in [6.07, 6.45) is 3.64. The maximum absolute atomic E-state index is 11.9. The molecule has 0 heterocycles. The number of primary amides is 1. The van der Waals surface area contributed by atoms with Gasteiger partial charge in [-0.1, -0.05) is 6.92 Å². The molecule has 5 nitrogen and oxygen atoms in total. The average molecular weight is 241 g/mol. The summed E-state index contributed by atoms with van der Waals surface area (Å²) in [5.41, 5.74) is 10.9. The van der Waals surface area contributed by atoms with E-state index in [4.69, 9.17) is 11.5 Å². The van der Waals surface area contributed by atoms with Crippen LogP contribution in [0.1, 0.15) is 39.0 Å². The van der Waals surface area contributed by atoms with Gasteiger partial charge in [0.25, 0.3) is 0 Å². The van der Waals surface area contributed by atoms with Crippen molar-refractivity contribution >= 4 is 11.8 Å². The summed E-state index contributed by atoms with van der Waals surface area (Å²) in [7, 11) is 0. The predicted molar refractivity (Wildman–Crippen MR) is 65.9 cm³/mol. The zero-order valence-corrected chi connectivity index (χ0v) is 10.4. The van der Waals surface area contributed by atoms with Crippen LogP contribution in [-0.2, 0) is 9.59 Å². The molecule has 17 heavy (non-hydrogen) atoms. The van der Waals surface area contributed by atoms with Crippen molar-refractivity contribution in [2.75, 3.05) is 6.54 Å². The smallest absolute Gasteiger partial charge is 0.223 e. The highest BCUT2D eigenvalue weighted by molar-refractivity contribution is 5.79. The molecule has 5 N–H and O–H groups in total. The third kappa shape index (κ3) is 4.73. The van der Waals surface area contributed by atoms with Gasteiger partial charge in [-0.3, -0.25) is 9.59 Å². The molecule has 1 fully saturated rings. The van der Waals surface area contributed by atoms with Gasteiger partial charge in [-0.15, -0.1) is 0 Å². The lowest BCUT2D eigenvalue weighted by Crippen LogP contribution is -2.41. The number of nitrogens with two attached hydrogens (primary N) is 2. The van der Waals surface area contributed by atoms with Crippen LogP contribution in [0.25, 0.3) is 0 Å². The van der Waals surface area contributed by atoms with Crippen LogP contribution in [0.15, 0.2) is 0 Å². The topological polar surface area (TPSA) is 98.2 Å². The first-order valence-electron chi connectivity index (χ1n) is 6.32. The second-order valence-corrected chi connectivity index (χ2v) is 5.02. The summed E-state index contributed by atoms with van der Waals surface area (Å²) in [5.74, 6) is 0.184. The van der Waals surface area contributed by atoms with Crippen LogP contribution >= 0.6 is 0 Å². The van der Waals surface area contributed by atoms with Gasteiger partial charge < -0.3 is 16.8 Å². The van der Waals surface area contributed by atoms with Crippen molar-refractivity contribution in [3.63, 3.8) is 0 Å². The van der Waals surface area contributed by atoms with Gasteiger partial charge in [0, 0.05) is 24.9 Å². The molecular formula is C12H23N3O2. The molecule has 0 saturated heterocycles. The van der Waals surface area contributed by atoms with Gasteiger partial charge in [0.1, 0.15) is 0 Å². The summed E-state index contributed by atoms with van der Waals surface area (Å²) >= 11 is 0.